The number of nitrogens with one attached hydrogen (secondary N) is 1. The van der Waals surface area contributed by atoms with Gasteiger partial charge in [-0.1, -0.05) is 42.5 Å². The minimum atomic E-state index is -1.25. The van der Waals surface area contributed by atoms with Gasteiger partial charge >= 0.3 is 6.03 Å². The van der Waals surface area contributed by atoms with Crippen molar-refractivity contribution in [1.29, 1.82) is 0 Å². The van der Waals surface area contributed by atoms with Crippen molar-refractivity contribution < 1.29 is 18.8 Å². The van der Waals surface area contributed by atoms with Crippen molar-refractivity contribution >= 4 is 28.6 Å². The summed E-state index contributed by atoms with van der Waals surface area (Å²) in [5.41, 5.74) is 1.18. The largest absolute Gasteiger partial charge is 0.334 e. The summed E-state index contributed by atoms with van der Waals surface area (Å²) in [5, 5.41) is 4.78. The van der Waals surface area contributed by atoms with Gasteiger partial charge in [-0.25, -0.2) is 9.18 Å². The Balaban J connectivity index is 1.37. The molecule has 6 nitrogen and oxygen atoms in total. The zero-order valence-electron chi connectivity index (χ0n) is 18.5. The van der Waals surface area contributed by atoms with Gasteiger partial charge in [0.1, 0.15) is 17.9 Å². The van der Waals surface area contributed by atoms with Crippen LogP contribution in [0.5, 0.6) is 0 Å². The zero-order valence-corrected chi connectivity index (χ0v) is 18.5. The predicted octanol–water partition coefficient (Wildman–Crippen LogP) is 3.89. The Kier molecular flexibility index (Phi) is 4.92. The first kappa shape index (κ1) is 21.1. The molecule has 2 aliphatic rings. The van der Waals surface area contributed by atoms with Crippen LogP contribution in [0, 0.1) is 5.82 Å². The van der Waals surface area contributed by atoms with Crippen LogP contribution in [0.3, 0.4) is 0 Å². The summed E-state index contributed by atoms with van der Waals surface area (Å²) in [5.74, 6) is -1.07. The molecule has 2 heterocycles. The Morgan fingerprint density at radius 3 is 2.64 bits per heavy atom. The third kappa shape index (κ3) is 3.44. The van der Waals surface area contributed by atoms with E-state index in [2.05, 4.69) is 5.32 Å². The van der Waals surface area contributed by atoms with Gasteiger partial charge in [0.15, 0.2) is 0 Å². The molecule has 0 aromatic heterocycles. The lowest BCUT2D eigenvalue weighted by Gasteiger charge is -2.36. The third-order valence-corrected chi connectivity index (χ3v) is 6.86. The molecule has 0 radical (unpaired) electrons. The first-order valence-corrected chi connectivity index (χ1v) is 11.0. The summed E-state index contributed by atoms with van der Waals surface area (Å²) >= 11 is 0. The number of rotatable bonds is 3. The zero-order chi connectivity index (χ0) is 23.3. The molecule has 33 heavy (non-hydrogen) atoms. The molecule has 5 rings (SSSR count). The predicted molar refractivity (Wildman–Crippen MR) is 122 cm³/mol. The minimum absolute atomic E-state index is 0.269. The van der Waals surface area contributed by atoms with Gasteiger partial charge in [0.25, 0.3) is 5.91 Å². The van der Waals surface area contributed by atoms with Crippen molar-refractivity contribution in [3.63, 3.8) is 0 Å². The van der Waals surface area contributed by atoms with Crippen LogP contribution in [0.15, 0.2) is 60.7 Å². The highest BCUT2D eigenvalue weighted by molar-refractivity contribution is 6.09. The number of imide groups is 1. The highest BCUT2D eigenvalue weighted by atomic mass is 19.1. The van der Waals surface area contributed by atoms with Crippen molar-refractivity contribution in [2.24, 2.45) is 0 Å². The number of fused-ring (bicyclic) bond motifs is 2. The van der Waals surface area contributed by atoms with Gasteiger partial charge < -0.3 is 10.2 Å². The van der Waals surface area contributed by atoms with Gasteiger partial charge in [-0.2, -0.15) is 0 Å². The Labute approximate surface area is 191 Å². The lowest BCUT2D eigenvalue weighted by atomic mass is 9.90. The molecule has 0 aliphatic carbocycles. The normalized spacial score (nSPS) is 22.5. The van der Waals surface area contributed by atoms with Crippen LogP contribution >= 0.6 is 0 Å². The van der Waals surface area contributed by atoms with Gasteiger partial charge in [-0.05, 0) is 65.9 Å². The van der Waals surface area contributed by atoms with Gasteiger partial charge in [0.2, 0.25) is 5.91 Å². The first-order valence-electron chi connectivity index (χ1n) is 11.0. The van der Waals surface area contributed by atoms with Gasteiger partial charge in [-0.15, -0.1) is 0 Å². The summed E-state index contributed by atoms with van der Waals surface area (Å²) in [6.07, 6.45) is 0.526. The highest BCUT2D eigenvalue weighted by Gasteiger charge is 2.50. The van der Waals surface area contributed by atoms with Crippen molar-refractivity contribution in [2.45, 2.75) is 31.8 Å². The molecule has 2 atom stereocenters. The quantitative estimate of drug-likeness (QED) is 0.622. The fraction of sp³-hybridized carbons (Fsp3) is 0.269. The van der Waals surface area contributed by atoms with E-state index in [-0.39, 0.29) is 24.3 Å². The van der Waals surface area contributed by atoms with E-state index in [9.17, 15) is 18.8 Å². The van der Waals surface area contributed by atoms with E-state index in [1.165, 1.54) is 12.1 Å². The standard InChI is InChI=1S/C26H24FN3O3/c1-16-22-10-9-21(27)14-19(22)11-12-29(16)23(31)15-30-24(32)26(2,28-25(30)33)20-8-7-17-5-3-4-6-18(17)13-20/h3-10,13-14,16H,11-12,15H2,1-2H3,(H,28,33). The van der Waals surface area contributed by atoms with E-state index in [1.807, 2.05) is 49.4 Å². The molecule has 1 fully saturated rings. The smallest absolute Gasteiger partial charge is 0.325 e. The number of carbonyl (C=O) groups is 3. The fourth-order valence-corrected chi connectivity index (χ4v) is 4.90. The molecule has 7 heteroatoms. The van der Waals surface area contributed by atoms with Gasteiger partial charge in [-0.3, -0.25) is 14.5 Å². The van der Waals surface area contributed by atoms with Crippen molar-refractivity contribution in [2.75, 3.05) is 13.1 Å². The monoisotopic (exact) mass is 445 g/mol. The fourth-order valence-electron chi connectivity index (χ4n) is 4.90. The lowest BCUT2D eigenvalue weighted by molar-refractivity contribution is -0.140. The molecule has 1 saturated heterocycles. The molecular formula is C26H24FN3O3. The molecule has 0 saturated carbocycles. The van der Waals surface area contributed by atoms with Crippen LogP contribution in [-0.4, -0.2) is 40.7 Å². The van der Waals surface area contributed by atoms with Crippen LogP contribution in [0.1, 0.15) is 36.6 Å². The van der Waals surface area contributed by atoms with E-state index in [0.717, 1.165) is 26.8 Å². The summed E-state index contributed by atoms with van der Waals surface area (Å²) in [4.78, 5) is 41.9. The molecule has 1 N–H and O–H groups in total. The van der Waals surface area contributed by atoms with Gasteiger partial charge in [0.05, 0.1) is 6.04 Å². The second-order valence-electron chi connectivity index (χ2n) is 8.86. The second kappa shape index (κ2) is 7.69. The maximum Gasteiger partial charge on any atom is 0.325 e. The number of hydrogen-bond donors (Lipinski definition) is 1. The number of benzene rings is 3. The Morgan fingerprint density at radius 1 is 1.09 bits per heavy atom. The number of carbonyl (C=O) groups excluding carboxylic acids is 3. The second-order valence-corrected chi connectivity index (χ2v) is 8.86. The Morgan fingerprint density at radius 2 is 1.85 bits per heavy atom. The van der Waals surface area contributed by atoms with E-state index in [0.29, 0.717) is 18.5 Å². The topological polar surface area (TPSA) is 69.7 Å². The lowest BCUT2D eigenvalue weighted by Crippen LogP contribution is -2.47. The molecule has 2 unspecified atom stereocenters. The molecular weight excluding hydrogens is 421 g/mol. The average molecular weight is 445 g/mol. The molecule has 168 valence electrons. The highest BCUT2D eigenvalue weighted by Crippen LogP contribution is 2.33. The summed E-state index contributed by atoms with van der Waals surface area (Å²) in [6, 6.07) is 17.1. The van der Waals surface area contributed by atoms with Crippen molar-refractivity contribution in [3.8, 4) is 0 Å². The van der Waals surface area contributed by atoms with Crippen molar-refractivity contribution in [1.82, 2.24) is 15.1 Å². The Bertz CT molecular complexity index is 1310. The molecule has 0 bridgehead atoms. The number of urea groups is 1. The number of halogens is 1. The maximum atomic E-state index is 13.6. The minimum Gasteiger partial charge on any atom is -0.334 e. The Hall–Kier alpha value is -3.74. The van der Waals surface area contributed by atoms with Crippen LogP contribution in [-0.2, 0) is 21.5 Å². The SMILES string of the molecule is CC1c2ccc(F)cc2CCN1C(=O)CN1C(=O)NC(C)(c2ccc3ccccc3c2)C1=O. The van der Waals surface area contributed by atoms with E-state index in [4.69, 9.17) is 0 Å². The third-order valence-electron chi connectivity index (χ3n) is 6.86. The van der Waals surface area contributed by atoms with Gasteiger partial charge in [0, 0.05) is 6.54 Å². The number of amides is 4. The number of hydrogen-bond acceptors (Lipinski definition) is 3. The average Bonchev–Trinajstić information content (AvgIpc) is 3.02. The summed E-state index contributed by atoms with van der Waals surface area (Å²) in [7, 11) is 0. The molecule has 3 aromatic rings. The van der Waals surface area contributed by atoms with Crippen LogP contribution in [0.4, 0.5) is 9.18 Å². The van der Waals surface area contributed by atoms with E-state index in [1.54, 1.807) is 17.9 Å². The maximum absolute atomic E-state index is 13.6. The van der Waals surface area contributed by atoms with Crippen LogP contribution < -0.4 is 5.32 Å². The molecule has 2 aliphatic heterocycles. The molecule has 3 aromatic carbocycles. The van der Waals surface area contributed by atoms with Crippen LogP contribution in [0.25, 0.3) is 10.8 Å². The van der Waals surface area contributed by atoms with Crippen molar-refractivity contribution in [3.05, 3.63) is 83.2 Å². The van der Waals surface area contributed by atoms with Crippen LogP contribution in [0.2, 0.25) is 0 Å². The van der Waals surface area contributed by atoms with E-state index < -0.39 is 17.5 Å². The van der Waals surface area contributed by atoms with E-state index >= 15 is 0 Å². The number of nitrogens with zero attached hydrogens (tertiary/aromatic N) is 2. The molecule has 0 spiro atoms. The summed E-state index contributed by atoms with van der Waals surface area (Å²) < 4.78 is 13.6. The molecule has 4 amide bonds. The summed E-state index contributed by atoms with van der Waals surface area (Å²) in [6.45, 7) is 3.60. The first-order chi connectivity index (χ1) is 15.8.